The molecule has 8 heteroatoms. The van der Waals surface area contributed by atoms with Gasteiger partial charge in [0.1, 0.15) is 5.69 Å². The fraction of sp³-hybridized carbons (Fsp3) is 0.269. The summed E-state index contributed by atoms with van der Waals surface area (Å²) < 4.78 is 14.5. The SMILES string of the molecule is COc1ccc(-c2nn(-c3ccccc3)cc2C(=O)NCCCn2nc(C)cc2C)cc1OC. The molecule has 176 valence electrons. The minimum Gasteiger partial charge on any atom is -0.493 e. The van der Waals surface area contributed by atoms with Crippen LogP contribution >= 0.6 is 0 Å². The predicted octanol–water partition coefficient (Wildman–Crippen LogP) is 4.19. The number of methoxy groups -OCH3 is 2. The zero-order chi connectivity index (χ0) is 24.1. The summed E-state index contributed by atoms with van der Waals surface area (Å²) in [5.74, 6) is 1.01. The van der Waals surface area contributed by atoms with Crippen molar-refractivity contribution in [1.29, 1.82) is 0 Å². The van der Waals surface area contributed by atoms with Crippen LogP contribution in [0.2, 0.25) is 0 Å². The maximum atomic E-state index is 13.2. The molecule has 0 atom stereocenters. The molecule has 0 saturated heterocycles. The highest BCUT2D eigenvalue weighted by Gasteiger charge is 2.20. The maximum absolute atomic E-state index is 13.2. The van der Waals surface area contributed by atoms with E-state index in [9.17, 15) is 4.79 Å². The molecule has 0 radical (unpaired) electrons. The summed E-state index contributed by atoms with van der Waals surface area (Å²) in [6, 6.07) is 17.3. The van der Waals surface area contributed by atoms with E-state index in [1.165, 1.54) is 0 Å². The lowest BCUT2D eigenvalue weighted by Crippen LogP contribution is -2.25. The van der Waals surface area contributed by atoms with E-state index in [4.69, 9.17) is 14.6 Å². The first kappa shape index (κ1) is 23.1. The lowest BCUT2D eigenvalue weighted by Gasteiger charge is -2.10. The Morgan fingerprint density at radius 3 is 2.41 bits per heavy atom. The lowest BCUT2D eigenvalue weighted by atomic mass is 10.1. The highest BCUT2D eigenvalue weighted by molar-refractivity contribution is 6.00. The van der Waals surface area contributed by atoms with Crippen LogP contribution in [-0.2, 0) is 6.54 Å². The molecule has 0 aliphatic carbocycles. The number of hydrogen-bond donors (Lipinski definition) is 1. The Kier molecular flexibility index (Phi) is 6.96. The van der Waals surface area contributed by atoms with E-state index < -0.39 is 0 Å². The fourth-order valence-electron chi connectivity index (χ4n) is 3.88. The van der Waals surface area contributed by atoms with Gasteiger partial charge >= 0.3 is 0 Å². The standard InChI is InChI=1S/C26H29N5O3/c1-18-15-19(2)30(28-18)14-8-13-27-26(32)22-17-31(21-9-6-5-7-10-21)29-25(22)20-11-12-23(33-3)24(16-20)34-4/h5-7,9-12,15-17H,8,13-14H2,1-4H3,(H,27,32). The first-order valence-corrected chi connectivity index (χ1v) is 11.2. The molecule has 0 saturated carbocycles. The van der Waals surface area contributed by atoms with Gasteiger partial charge in [-0.1, -0.05) is 18.2 Å². The summed E-state index contributed by atoms with van der Waals surface area (Å²) in [6.07, 6.45) is 2.53. The monoisotopic (exact) mass is 459 g/mol. The van der Waals surface area contributed by atoms with Crippen molar-refractivity contribution in [3.05, 3.63) is 77.7 Å². The van der Waals surface area contributed by atoms with Crippen LogP contribution in [0.15, 0.2) is 60.8 Å². The van der Waals surface area contributed by atoms with Gasteiger partial charge in [0.25, 0.3) is 5.91 Å². The van der Waals surface area contributed by atoms with Gasteiger partial charge in [-0.2, -0.15) is 10.2 Å². The molecule has 8 nitrogen and oxygen atoms in total. The van der Waals surface area contributed by atoms with Gasteiger partial charge in [-0.15, -0.1) is 0 Å². The molecule has 34 heavy (non-hydrogen) atoms. The van der Waals surface area contributed by atoms with Gasteiger partial charge in [0.15, 0.2) is 11.5 Å². The molecule has 2 heterocycles. The van der Waals surface area contributed by atoms with E-state index in [-0.39, 0.29) is 5.91 Å². The fourth-order valence-corrected chi connectivity index (χ4v) is 3.88. The van der Waals surface area contributed by atoms with Gasteiger partial charge in [-0.05, 0) is 56.7 Å². The van der Waals surface area contributed by atoms with Gasteiger partial charge in [0, 0.05) is 30.5 Å². The third-order valence-electron chi connectivity index (χ3n) is 5.57. The van der Waals surface area contributed by atoms with Gasteiger partial charge in [0.05, 0.1) is 31.2 Å². The highest BCUT2D eigenvalue weighted by Crippen LogP contribution is 2.33. The van der Waals surface area contributed by atoms with Gasteiger partial charge in [-0.25, -0.2) is 4.68 Å². The van der Waals surface area contributed by atoms with Crippen molar-refractivity contribution in [1.82, 2.24) is 24.9 Å². The molecule has 2 aromatic carbocycles. The number of carbonyl (C=O) groups excluding carboxylic acids is 1. The molecular formula is C26H29N5O3. The molecule has 0 bridgehead atoms. The van der Waals surface area contributed by atoms with Gasteiger partial charge < -0.3 is 14.8 Å². The quantitative estimate of drug-likeness (QED) is 0.380. The Balaban J connectivity index is 1.58. The largest absolute Gasteiger partial charge is 0.493 e. The number of benzene rings is 2. The second kappa shape index (κ2) is 10.2. The molecule has 0 aliphatic rings. The molecule has 0 spiro atoms. The number of nitrogens with zero attached hydrogens (tertiary/aromatic N) is 4. The average Bonchev–Trinajstić information content (AvgIpc) is 3.44. The normalized spacial score (nSPS) is 10.8. The third kappa shape index (κ3) is 4.96. The van der Waals surface area contributed by atoms with E-state index in [1.807, 2.05) is 73.1 Å². The van der Waals surface area contributed by atoms with Crippen molar-refractivity contribution in [3.63, 3.8) is 0 Å². The number of aromatic nitrogens is 4. The molecule has 1 amide bonds. The molecular weight excluding hydrogens is 430 g/mol. The first-order valence-electron chi connectivity index (χ1n) is 11.2. The van der Waals surface area contributed by atoms with E-state index in [0.29, 0.717) is 29.3 Å². The predicted molar refractivity (Wildman–Crippen MR) is 131 cm³/mol. The second-order valence-corrected chi connectivity index (χ2v) is 8.00. The minimum absolute atomic E-state index is 0.180. The summed E-state index contributed by atoms with van der Waals surface area (Å²) in [5.41, 5.74) is 4.80. The number of nitrogens with one attached hydrogen (secondary N) is 1. The molecule has 2 aromatic heterocycles. The first-order chi connectivity index (χ1) is 16.5. The lowest BCUT2D eigenvalue weighted by molar-refractivity contribution is 0.0953. The van der Waals surface area contributed by atoms with Crippen LogP contribution in [0.5, 0.6) is 11.5 Å². The smallest absolute Gasteiger partial charge is 0.255 e. The average molecular weight is 460 g/mol. The van der Waals surface area contributed by atoms with Gasteiger partial charge in [-0.3, -0.25) is 9.48 Å². The van der Waals surface area contributed by atoms with Crippen molar-refractivity contribution in [2.75, 3.05) is 20.8 Å². The number of carbonyl (C=O) groups is 1. The molecule has 4 aromatic rings. The summed E-state index contributed by atoms with van der Waals surface area (Å²) >= 11 is 0. The zero-order valence-corrected chi connectivity index (χ0v) is 19.9. The summed E-state index contributed by atoms with van der Waals surface area (Å²) in [4.78, 5) is 13.2. The number of amides is 1. The number of ether oxygens (including phenoxy) is 2. The molecule has 0 unspecified atom stereocenters. The van der Waals surface area contributed by atoms with Crippen molar-refractivity contribution < 1.29 is 14.3 Å². The van der Waals surface area contributed by atoms with Crippen LogP contribution in [0.1, 0.15) is 28.2 Å². The van der Waals surface area contributed by atoms with Crippen LogP contribution in [0.4, 0.5) is 0 Å². The topological polar surface area (TPSA) is 83.2 Å². The summed E-state index contributed by atoms with van der Waals surface area (Å²) in [7, 11) is 3.17. The van der Waals surface area contributed by atoms with Crippen LogP contribution in [0, 0.1) is 13.8 Å². The third-order valence-corrected chi connectivity index (χ3v) is 5.57. The number of para-hydroxylation sites is 1. The van der Waals surface area contributed by atoms with E-state index in [2.05, 4.69) is 10.4 Å². The number of rotatable bonds is 9. The summed E-state index contributed by atoms with van der Waals surface area (Å²) in [5, 5.41) is 12.2. The van der Waals surface area contributed by atoms with Crippen LogP contribution in [0.25, 0.3) is 16.9 Å². The Bertz CT molecular complexity index is 1280. The second-order valence-electron chi connectivity index (χ2n) is 8.00. The molecule has 0 aliphatic heterocycles. The van der Waals surface area contributed by atoms with Crippen molar-refractivity contribution in [2.24, 2.45) is 0 Å². The summed E-state index contributed by atoms with van der Waals surface area (Å²) in [6.45, 7) is 5.28. The van der Waals surface area contributed by atoms with Crippen LogP contribution < -0.4 is 14.8 Å². The van der Waals surface area contributed by atoms with E-state index in [1.54, 1.807) is 25.1 Å². The number of aryl methyl sites for hydroxylation is 3. The Labute approximate surface area is 199 Å². The van der Waals surface area contributed by atoms with Crippen molar-refractivity contribution in [2.45, 2.75) is 26.8 Å². The maximum Gasteiger partial charge on any atom is 0.255 e. The van der Waals surface area contributed by atoms with Crippen LogP contribution in [-0.4, -0.2) is 46.2 Å². The van der Waals surface area contributed by atoms with E-state index >= 15 is 0 Å². The van der Waals surface area contributed by atoms with E-state index in [0.717, 1.165) is 35.6 Å². The molecule has 1 N–H and O–H groups in total. The molecule has 0 fully saturated rings. The minimum atomic E-state index is -0.180. The molecule has 4 rings (SSSR count). The zero-order valence-electron chi connectivity index (χ0n) is 19.9. The van der Waals surface area contributed by atoms with Crippen LogP contribution in [0.3, 0.4) is 0 Å². The van der Waals surface area contributed by atoms with Crippen molar-refractivity contribution in [3.8, 4) is 28.4 Å². The Hall–Kier alpha value is -4.07. The number of hydrogen-bond acceptors (Lipinski definition) is 5. The Morgan fingerprint density at radius 2 is 1.74 bits per heavy atom. The van der Waals surface area contributed by atoms with Gasteiger partial charge in [0.2, 0.25) is 0 Å². The van der Waals surface area contributed by atoms with Crippen molar-refractivity contribution >= 4 is 5.91 Å². The highest BCUT2D eigenvalue weighted by atomic mass is 16.5. The Morgan fingerprint density at radius 1 is 0.971 bits per heavy atom.